The number of aromatic nitrogens is 2. The molecule has 3 N–H and O–H groups in total. The van der Waals surface area contributed by atoms with Crippen LogP contribution in [0.3, 0.4) is 0 Å². The number of fused-ring (bicyclic) bond motifs is 1. The summed E-state index contributed by atoms with van der Waals surface area (Å²) in [6, 6.07) is 11.7. The molecule has 2 radical (unpaired) electrons. The number of sulfonamides is 1. The van der Waals surface area contributed by atoms with Crippen molar-refractivity contribution in [3.63, 3.8) is 0 Å². The maximum atomic E-state index is 13.6. The average molecular weight is 633 g/mol. The quantitative estimate of drug-likeness (QED) is 0.293. The minimum absolute atomic E-state index is 0.0376. The fourth-order valence-electron chi connectivity index (χ4n) is 4.73. The van der Waals surface area contributed by atoms with Crippen LogP contribution >= 0.6 is 0 Å². The van der Waals surface area contributed by atoms with E-state index in [2.05, 4.69) is 31.9 Å². The van der Waals surface area contributed by atoms with Gasteiger partial charge in [0.25, 0.3) is 0 Å². The van der Waals surface area contributed by atoms with Gasteiger partial charge in [-0.3, -0.25) is 0 Å². The molecule has 216 valence electrons. The third-order valence-corrected chi connectivity index (χ3v) is 9.06. The number of carbonyl (C=O) groups is 1. The summed E-state index contributed by atoms with van der Waals surface area (Å²) in [6.45, 7) is 4.89. The fraction of sp³-hybridized carbons (Fsp3) is 0.500. The zero-order valence-corrected chi connectivity index (χ0v) is 25.9. The van der Waals surface area contributed by atoms with E-state index in [-0.39, 0.29) is 29.7 Å². The van der Waals surface area contributed by atoms with E-state index in [4.69, 9.17) is 9.47 Å². The van der Waals surface area contributed by atoms with E-state index in [9.17, 15) is 18.3 Å². The van der Waals surface area contributed by atoms with Crippen molar-refractivity contribution in [3.05, 3.63) is 48.0 Å². The Kier molecular flexibility index (Phi) is 9.50. The van der Waals surface area contributed by atoms with Gasteiger partial charge in [0.2, 0.25) is 0 Å². The summed E-state index contributed by atoms with van der Waals surface area (Å²) < 4.78 is 43.9. The molecule has 0 spiro atoms. The zero-order valence-electron chi connectivity index (χ0n) is 23.3. The number of imidazole rings is 1. The maximum absolute atomic E-state index is 13.6. The molecule has 12 heteroatoms. The van der Waals surface area contributed by atoms with Crippen molar-refractivity contribution in [2.45, 2.75) is 81.6 Å². The summed E-state index contributed by atoms with van der Waals surface area (Å²) in [4.78, 5) is 17.1. The first kappa shape index (κ1) is 30.4. The molecule has 0 saturated heterocycles. The van der Waals surface area contributed by atoms with E-state index in [0.717, 1.165) is 36.8 Å². The van der Waals surface area contributed by atoms with E-state index in [1.54, 1.807) is 26.8 Å². The van der Waals surface area contributed by atoms with Crippen molar-refractivity contribution >= 4 is 48.6 Å². The minimum atomic E-state index is -4.12. The van der Waals surface area contributed by atoms with Crippen LogP contribution in [-0.4, -0.2) is 76.4 Å². The predicted molar refractivity (Wildman–Crippen MR) is 153 cm³/mol. The van der Waals surface area contributed by atoms with Crippen LogP contribution in [0.2, 0.25) is 0 Å². The first-order valence-corrected chi connectivity index (χ1v) is 15.8. The number of nitrogens with zero attached hydrogens (tertiary/aromatic N) is 2. The van der Waals surface area contributed by atoms with Crippen molar-refractivity contribution in [3.8, 4) is 5.75 Å². The van der Waals surface area contributed by atoms with Gasteiger partial charge in [0.15, 0.2) is 0 Å². The molecule has 1 aliphatic carbocycles. The van der Waals surface area contributed by atoms with Crippen molar-refractivity contribution in [1.82, 2.24) is 19.6 Å². The molecule has 3 aromatic rings. The molecule has 2 aromatic carbocycles. The van der Waals surface area contributed by atoms with Crippen LogP contribution in [0.4, 0.5) is 4.79 Å². The number of amides is 1. The average Bonchev–Trinajstić information content (AvgIpc) is 3.50. The van der Waals surface area contributed by atoms with Gasteiger partial charge in [-0.15, -0.1) is 0 Å². The van der Waals surface area contributed by atoms with E-state index in [1.165, 1.54) is 6.07 Å². The molecule has 1 amide bonds. The van der Waals surface area contributed by atoms with Crippen LogP contribution in [-0.2, 0) is 28.2 Å². The second-order valence-corrected chi connectivity index (χ2v) is 13.7. The molecule has 10 nitrogen and oxygen atoms in total. The summed E-state index contributed by atoms with van der Waals surface area (Å²) in [5.74, 6) is 0.215. The van der Waals surface area contributed by atoms with Gasteiger partial charge in [-0.25, -0.2) is 4.79 Å². The standard InChI is InChI=1S/C28H37AsN4O6S/c1-28(2,3)39-27(35)31-20(16-18-10-6-5-7-11-18)22(34)17-30-40(36,37)23-15-14-21-24(32-26(29)33(21)4)25(23)38-19-12-8-9-13-19/h5-7,10-11,14-15,19-20,22,30,34H,8-9,12-13,16-17H2,1-4H3,(H,31,35)/t20-,22+/m0/s1. The number of aryl methyl sites for hydroxylation is 1. The summed E-state index contributed by atoms with van der Waals surface area (Å²) in [7, 11) is -2.26. The summed E-state index contributed by atoms with van der Waals surface area (Å²) in [5, 5.41) is 13.8. The third-order valence-electron chi connectivity index (χ3n) is 6.77. The number of carbonyl (C=O) groups excluding carboxylic acids is 1. The van der Waals surface area contributed by atoms with Crippen molar-refractivity contribution in [2.24, 2.45) is 7.05 Å². The molecule has 4 rings (SSSR count). The zero-order chi connectivity index (χ0) is 29.1. The topological polar surface area (TPSA) is 132 Å². The number of aliphatic hydroxyl groups is 1. The van der Waals surface area contributed by atoms with Crippen LogP contribution in [0.1, 0.15) is 52.0 Å². The van der Waals surface area contributed by atoms with Gasteiger partial charge in [-0.1, -0.05) is 30.3 Å². The number of alkyl carbamates (subject to hydrolysis) is 1. The van der Waals surface area contributed by atoms with Gasteiger partial charge in [-0.05, 0) is 20.8 Å². The van der Waals surface area contributed by atoms with Crippen LogP contribution in [0.5, 0.6) is 5.75 Å². The monoisotopic (exact) mass is 632 g/mol. The van der Waals surface area contributed by atoms with Crippen LogP contribution < -0.4 is 19.4 Å². The Labute approximate surface area is 244 Å². The summed E-state index contributed by atoms with van der Waals surface area (Å²) in [5.41, 5.74) is 1.37. The van der Waals surface area contributed by atoms with Gasteiger partial charge in [0.1, 0.15) is 5.60 Å². The molecule has 0 aliphatic heterocycles. The van der Waals surface area contributed by atoms with Crippen LogP contribution in [0, 0.1) is 0 Å². The Hall–Kier alpha value is -2.59. The van der Waals surface area contributed by atoms with Crippen molar-refractivity contribution in [2.75, 3.05) is 6.54 Å². The molecule has 1 saturated carbocycles. The second kappa shape index (κ2) is 12.5. The SMILES string of the molecule is Cn1c([As])nc2c(OC3CCCC3)c(S(=O)(=O)NC[C@@H](O)[C@H](Cc3ccccc3)NC(=O)OC(C)(C)C)ccc21. The summed E-state index contributed by atoms with van der Waals surface area (Å²) >= 11 is 2.37. The van der Waals surface area contributed by atoms with Crippen molar-refractivity contribution in [1.29, 1.82) is 0 Å². The number of nitrogens with one attached hydrogen (secondary N) is 2. The molecular formula is C28H37AsN4O6S. The molecule has 0 unspecified atom stereocenters. The number of hydrogen-bond acceptors (Lipinski definition) is 7. The molecule has 2 atom stereocenters. The first-order valence-electron chi connectivity index (χ1n) is 13.4. The Morgan fingerprint density at radius 2 is 1.85 bits per heavy atom. The van der Waals surface area contributed by atoms with Gasteiger partial charge in [-0.2, -0.15) is 0 Å². The van der Waals surface area contributed by atoms with Gasteiger partial charge >= 0.3 is 179 Å². The number of aliphatic hydroxyl groups excluding tert-OH is 1. The molecule has 1 aromatic heterocycles. The number of rotatable bonds is 10. The van der Waals surface area contributed by atoms with E-state index in [1.807, 2.05) is 41.9 Å². The molecule has 1 fully saturated rings. The number of ether oxygens (including phenoxy) is 2. The Morgan fingerprint density at radius 3 is 2.50 bits per heavy atom. The number of hydrogen-bond donors (Lipinski definition) is 3. The molecule has 1 heterocycles. The Morgan fingerprint density at radius 1 is 1.18 bits per heavy atom. The third kappa shape index (κ3) is 7.57. The molecule has 1 aliphatic rings. The van der Waals surface area contributed by atoms with E-state index >= 15 is 0 Å². The van der Waals surface area contributed by atoms with Crippen LogP contribution in [0.15, 0.2) is 47.4 Å². The van der Waals surface area contributed by atoms with E-state index in [0.29, 0.717) is 10.1 Å². The predicted octanol–water partition coefficient (Wildman–Crippen LogP) is 2.46. The Bertz CT molecular complexity index is 1430. The van der Waals surface area contributed by atoms with Crippen molar-refractivity contribution < 1.29 is 27.8 Å². The Balaban J connectivity index is 1.57. The van der Waals surface area contributed by atoms with Gasteiger partial charge < -0.3 is 4.74 Å². The summed E-state index contributed by atoms with van der Waals surface area (Å²) in [6.07, 6.45) is 1.99. The van der Waals surface area contributed by atoms with Gasteiger partial charge in [0.05, 0.1) is 0 Å². The molecular weight excluding hydrogens is 595 g/mol. The second-order valence-electron chi connectivity index (χ2n) is 11.1. The van der Waals surface area contributed by atoms with E-state index < -0.39 is 33.9 Å². The first-order chi connectivity index (χ1) is 18.8. The molecule has 40 heavy (non-hydrogen) atoms. The normalized spacial score (nSPS) is 16.1. The number of benzene rings is 2. The fourth-order valence-corrected chi connectivity index (χ4v) is 6.34. The van der Waals surface area contributed by atoms with Gasteiger partial charge in [0, 0.05) is 0 Å². The molecule has 0 bridgehead atoms. The van der Waals surface area contributed by atoms with Crippen LogP contribution in [0.25, 0.3) is 11.0 Å².